The molecule has 0 amide bonds. The maximum Gasteiger partial charge on any atom is 0.200 e. The molecule has 1 aliphatic rings. The zero-order valence-electron chi connectivity index (χ0n) is 18.5. The Kier molecular flexibility index (Phi) is 6.30. The van der Waals surface area contributed by atoms with Gasteiger partial charge in [-0.2, -0.15) is 0 Å². The van der Waals surface area contributed by atoms with Gasteiger partial charge in [0.15, 0.2) is 0 Å². The molecule has 1 fully saturated rings. The lowest BCUT2D eigenvalue weighted by molar-refractivity contribution is -0.0699. The van der Waals surface area contributed by atoms with E-state index in [0.717, 1.165) is 30.9 Å². The summed E-state index contributed by atoms with van der Waals surface area (Å²) in [7, 11) is 1.62. The van der Waals surface area contributed by atoms with Crippen molar-refractivity contribution in [1.29, 1.82) is 0 Å². The summed E-state index contributed by atoms with van der Waals surface area (Å²) in [5.41, 5.74) is 1.86. The van der Waals surface area contributed by atoms with E-state index in [-0.39, 0.29) is 17.6 Å². The van der Waals surface area contributed by atoms with Gasteiger partial charge in [-0.25, -0.2) is 0 Å². The predicted molar refractivity (Wildman–Crippen MR) is 121 cm³/mol. The van der Waals surface area contributed by atoms with Gasteiger partial charge in [0, 0.05) is 25.7 Å². The molecule has 1 aromatic heterocycles. The molecular formula is C25H29NO5. The van der Waals surface area contributed by atoms with Crippen LogP contribution in [0, 0.1) is 6.92 Å². The average Bonchev–Trinajstić information content (AvgIpc) is 2.73. The molecular weight excluding hydrogens is 394 g/mol. The van der Waals surface area contributed by atoms with Gasteiger partial charge < -0.3 is 18.6 Å². The first-order valence-corrected chi connectivity index (χ1v) is 10.7. The summed E-state index contributed by atoms with van der Waals surface area (Å²) < 4.78 is 22.9. The third-order valence-electron chi connectivity index (χ3n) is 5.59. The molecule has 164 valence electrons. The number of hydrogen-bond donors (Lipinski definition) is 0. The van der Waals surface area contributed by atoms with Crippen molar-refractivity contribution in [1.82, 2.24) is 4.90 Å². The number of ether oxygens (including phenoxy) is 3. The molecule has 0 spiro atoms. The minimum atomic E-state index is -0.0493. The highest BCUT2D eigenvalue weighted by molar-refractivity contribution is 5.83. The molecule has 4 rings (SSSR count). The summed E-state index contributed by atoms with van der Waals surface area (Å²) in [5, 5.41) is 0.541. The molecule has 0 aliphatic carbocycles. The predicted octanol–water partition coefficient (Wildman–Crippen LogP) is 4.27. The van der Waals surface area contributed by atoms with Crippen LogP contribution in [-0.4, -0.2) is 50.5 Å². The SMILES string of the molecule is COc1ccc(-c2c(C)oc3cc(OCCN4C[C@@H](C)O[C@@H](C)C4)ccc3c2=O)cc1. The molecule has 6 nitrogen and oxygen atoms in total. The van der Waals surface area contributed by atoms with Crippen LogP contribution in [0.2, 0.25) is 0 Å². The Hall–Kier alpha value is -2.83. The van der Waals surface area contributed by atoms with Gasteiger partial charge in [-0.15, -0.1) is 0 Å². The Morgan fingerprint density at radius 2 is 1.71 bits per heavy atom. The Labute approximate surface area is 182 Å². The fraction of sp³-hybridized carbons (Fsp3) is 0.400. The Bertz CT molecular complexity index is 1100. The van der Waals surface area contributed by atoms with Gasteiger partial charge in [0.05, 0.1) is 30.3 Å². The number of morpholine rings is 1. The van der Waals surface area contributed by atoms with Crippen LogP contribution in [-0.2, 0) is 4.74 Å². The summed E-state index contributed by atoms with van der Waals surface area (Å²) >= 11 is 0. The first kappa shape index (κ1) is 21.4. The smallest absolute Gasteiger partial charge is 0.200 e. The second kappa shape index (κ2) is 9.12. The minimum absolute atomic E-state index is 0.0493. The first-order valence-electron chi connectivity index (χ1n) is 10.7. The summed E-state index contributed by atoms with van der Waals surface area (Å²) in [6, 6.07) is 12.8. The van der Waals surface area contributed by atoms with Crippen molar-refractivity contribution < 1.29 is 18.6 Å². The van der Waals surface area contributed by atoms with Crippen molar-refractivity contribution in [2.24, 2.45) is 0 Å². The first-order chi connectivity index (χ1) is 14.9. The van der Waals surface area contributed by atoms with Crippen LogP contribution >= 0.6 is 0 Å². The molecule has 3 aromatic rings. The molecule has 31 heavy (non-hydrogen) atoms. The molecule has 2 heterocycles. The molecule has 6 heteroatoms. The van der Waals surface area contributed by atoms with E-state index in [4.69, 9.17) is 18.6 Å². The molecule has 2 atom stereocenters. The fourth-order valence-corrected chi connectivity index (χ4v) is 4.23. The number of aryl methyl sites for hydroxylation is 1. The normalized spacial score (nSPS) is 19.5. The van der Waals surface area contributed by atoms with Crippen molar-refractivity contribution in [3.8, 4) is 22.6 Å². The van der Waals surface area contributed by atoms with Crippen LogP contribution in [0.3, 0.4) is 0 Å². The van der Waals surface area contributed by atoms with E-state index in [1.54, 1.807) is 19.2 Å². The summed E-state index contributed by atoms with van der Waals surface area (Å²) in [6.07, 6.45) is 0.475. The minimum Gasteiger partial charge on any atom is -0.497 e. The van der Waals surface area contributed by atoms with Crippen LogP contribution < -0.4 is 14.9 Å². The van der Waals surface area contributed by atoms with E-state index in [2.05, 4.69) is 18.7 Å². The lowest BCUT2D eigenvalue weighted by atomic mass is 10.0. The third kappa shape index (κ3) is 4.75. The largest absolute Gasteiger partial charge is 0.497 e. The van der Waals surface area contributed by atoms with E-state index in [9.17, 15) is 4.79 Å². The summed E-state index contributed by atoms with van der Waals surface area (Å²) in [5.74, 6) is 2.02. The molecule has 1 saturated heterocycles. The second-order valence-electron chi connectivity index (χ2n) is 8.11. The number of methoxy groups -OCH3 is 1. The van der Waals surface area contributed by atoms with E-state index in [1.807, 2.05) is 37.3 Å². The van der Waals surface area contributed by atoms with Crippen LogP contribution in [0.1, 0.15) is 19.6 Å². The lowest BCUT2D eigenvalue weighted by Gasteiger charge is -2.35. The highest BCUT2D eigenvalue weighted by Gasteiger charge is 2.21. The van der Waals surface area contributed by atoms with Crippen LogP contribution in [0.15, 0.2) is 51.7 Å². The average molecular weight is 424 g/mol. The van der Waals surface area contributed by atoms with Gasteiger partial charge in [-0.05, 0) is 50.6 Å². The van der Waals surface area contributed by atoms with Gasteiger partial charge >= 0.3 is 0 Å². The molecule has 0 N–H and O–H groups in total. The van der Waals surface area contributed by atoms with Gasteiger partial charge in [0.25, 0.3) is 0 Å². The van der Waals surface area contributed by atoms with Crippen molar-refractivity contribution in [2.45, 2.75) is 33.0 Å². The third-order valence-corrected chi connectivity index (χ3v) is 5.59. The summed E-state index contributed by atoms with van der Waals surface area (Å²) in [6.45, 7) is 9.22. The maximum absolute atomic E-state index is 13.1. The van der Waals surface area contributed by atoms with Gasteiger partial charge in [-0.1, -0.05) is 12.1 Å². The maximum atomic E-state index is 13.1. The monoisotopic (exact) mass is 423 g/mol. The number of nitrogens with zero attached hydrogens (tertiary/aromatic N) is 1. The van der Waals surface area contributed by atoms with Crippen LogP contribution in [0.25, 0.3) is 22.1 Å². The van der Waals surface area contributed by atoms with Crippen molar-refractivity contribution in [2.75, 3.05) is 33.4 Å². The Balaban J connectivity index is 1.51. The zero-order chi connectivity index (χ0) is 22.0. The van der Waals surface area contributed by atoms with Gasteiger partial charge in [0.1, 0.15) is 29.4 Å². The Morgan fingerprint density at radius 3 is 2.39 bits per heavy atom. The second-order valence-corrected chi connectivity index (χ2v) is 8.11. The zero-order valence-corrected chi connectivity index (χ0v) is 18.5. The highest BCUT2D eigenvalue weighted by Crippen LogP contribution is 2.27. The van der Waals surface area contributed by atoms with Gasteiger partial charge in [0.2, 0.25) is 5.43 Å². The molecule has 1 aliphatic heterocycles. The molecule has 2 aromatic carbocycles. The quantitative estimate of drug-likeness (QED) is 0.590. The number of benzene rings is 2. The fourth-order valence-electron chi connectivity index (χ4n) is 4.23. The number of hydrogen-bond acceptors (Lipinski definition) is 6. The van der Waals surface area contributed by atoms with E-state index < -0.39 is 0 Å². The van der Waals surface area contributed by atoms with Crippen LogP contribution in [0.4, 0.5) is 0 Å². The van der Waals surface area contributed by atoms with Crippen LogP contribution in [0.5, 0.6) is 11.5 Å². The van der Waals surface area contributed by atoms with Crippen molar-refractivity contribution in [3.63, 3.8) is 0 Å². The van der Waals surface area contributed by atoms with Gasteiger partial charge in [-0.3, -0.25) is 9.69 Å². The van der Waals surface area contributed by atoms with E-state index in [0.29, 0.717) is 34.6 Å². The lowest BCUT2D eigenvalue weighted by Crippen LogP contribution is -2.46. The molecule has 0 radical (unpaired) electrons. The molecule has 0 bridgehead atoms. The number of fused-ring (bicyclic) bond motifs is 1. The molecule has 0 unspecified atom stereocenters. The highest BCUT2D eigenvalue weighted by atomic mass is 16.5. The van der Waals surface area contributed by atoms with E-state index in [1.165, 1.54) is 0 Å². The van der Waals surface area contributed by atoms with E-state index >= 15 is 0 Å². The van der Waals surface area contributed by atoms with Crippen molar-refractivity contribution >= 4 is 11.0 Å². The topological polar surface area (TPSA) is 61.1 Å². The van der Waals surface area contributed by atoms with Crippen molar-refractivity contribution in [3.05, 3.63) is 58.4 Å². The number of rotatable bonds is 6. The summed E-state index contributed by atoms with van der Waals surface area (Å²) in [4.78, 5) is 15.5. The standard InChI is InChI=1S/C25H29NO5/c1-16-14-26(15-17(2)30-16)11-12-29-21-9-10-22-23(13-21)31-18(3)24(25(22)27)19-5-7-20(28-4)8-6-19/h5-10,13,16-17H,11-12,14-15H2,1-4H3/t16-,17+. The Morgan fingerprint density at radius 1 is 1.03 bits per heavy atom. The molecule has 0 saturated carbocycles.